The average molecular weight is 206 g/mol. The second-order valence-electron chi connectivity index (χ2n) is 3.10. The van der Waals surface area contributed by atoms with E-state index in [9.17, 15) is 4.79 Å². The topological polar surface area (TPSA) is 35.5 Å². The van der Waals surface area contributed by atoms with Gasteiger partial charge < -0.3 is 9.47 Å². The zero-order chi connectivity index (χ0) is 11.3. The summed E-state index contributed by atoms with van der Waals surface area (Å²) in [7, 11) is 2.95. The van der Waals surface area contributed by atoms with Gasteiger partial charge in [-0.3, -0.25) is 0 Å². The van der Waals surface area contributed by atoms with Crippen LogP contribution < -0.4 is 4.74 Å². The zero-order valence-electron chi connectivity index (χ0n) is 9.11. The lowest BCUT2D eigenvalue weighted by Gasteiger charge is -2.05. The highest BCUT2D eigenvalue weighted by atomic mass is 16.5. The number of carbonyl (C=O) groups excluding carboxylic acids is 1. The highest BCUT2D eigenvalue weighted by molar-refractivity contribution is 5.87. The van der Waals surface area contributed by atoms with Crippen LogP contribution in [0.3, 0.4) is 0 Å². The predicted molar refractivity (Wildman–Crippen MR) is 58.8 cm³/mol. The molecule has 0 aliphatic rings. The third kappa shape index (κ3) is 3.13. The Hall–Kier alpha value is -1.77. The molecule has 0 atom stereocenters. The van der Waals surface area contributed by atoms with Gasteiger partial charge in [0.2, 0.25) is 0 Å². The third-order valence-corrected chi connectivity index (χ3v) is 1.99. The van der Waals surface area contributed by atoms with Crippen LogP contribution in [0.25, 0.3) is 6.08 Å². The van der Waals surface area contributed by atoms with Gasteiger partial charge in [0.05, 0.1) is 14.2 Å². The second-order valence-corrected chi connectivity index (χ2v) is 3.10. The van der Waals surface area contributed by atoms with Crippen molar-refractivity contribution >= 4 is 12.0 Å². The van der Waals surface area contributed by atoms with Crippen molar-refractivity contribution in [2.24, 2.45) is 0 Å². The molecule has 80 valence electrons. The summed E-state index contributed by atoms with van der Waals surface area (Å²) >= 11 is 0. The molecule has 0 aliphatic heterocycles. The molecule has 1 aromatic rings. The third-order valence-electron chi connectivity index (χ3n) is 1.99. The van der Waals surface area contributed by atoms with Gasteiger partial charge in [-0.05, 0) is 24.6 Å². The van der Waals surface area contributed by atoms with E-state index in [1.165, 1.54) is 13.2 Å². The molecule has 0 N–H and O–H groups in total. The van der Waals surface area contributed by atoms with Gasteiger partial charge in [0.1, 0.15) is 5.75 Å². The van der Waals surface area contributed by atoms with Crippen LogP contribution >= 0.6 is 0 Å². The van der Waals surface area contributed by atoms with E-state index in [0.29, 0.717) is 0 Å². The predicted octanol–water partition coefficient (Wildman–Crippen LogP) is 2.19. The number of hydrogen-bond donors (Lipinski definition) is 0. The number of aryl methyl sites for hydroxylation is 1. The number of ether oxygens (including phenoxy) is 2. The fourth-order valence-corrected chi connectivity index (χ4v) is 1.18. The van der Waals surface area contributed by atoms with E-state index >= 15 is 0 Å². The summed E-state index contributed by atoms with van der Waals surface area (Å²) in [6.07, 6.45) is 3.04. The number of hydrogen-bond acceptors (Lipinski definition) is 3. The lowest BCUT2D eigenvalue weighted by Crippen LogP contribution is -1.94. The Labute approximate surface area is 89.3 Å². The Bertz CT molecular complexity index is 380. The molecule has 0 unspecified atom stereocenters. The fraction of sp³-hybridized carbons (Fsp3) is 0.250. The molecule has 3 heteroatoms. The van der Waals surface area contributed by atoms with E-state index in [0.717, 1.165) is 16.9 Å². The van der Waals surface area contributed by atoms with Crippen LogP contribution in [0.15, 0.2) is 24.3 Å². The first-order valence-corrected chi connectivity index (χ1v) is 4.58. The van der Waals surface area contributed by atoms with Gasteiger partial charge in [-0.1, -0.05) is 12.1 Å². The monoisotopic (exact) mass is 206 g/mol. The summed E-state index contributed by atoms with van der Waals surface area (Å²) in [5, 5.41) is 0. The molecule has 1 aromatic carbocycles. The molecule has 1 rings (SSSR count). The molecule has 0 saturated carbocycles. The Kier molecular flexibility index (Phi) is 3.92. The molecule has 15 heavy (non-hydrogen) atoms. The van der Waals surface area contributed by atoms with Crippen LogP contribution in [0.4, 0.5) is 0 Å². The maximum absolute atomic E-state index is 10.9. The minimum absolute atomic E-state index is 0.377. The van der Waals surface area contributed by atoms with Crippen LogP contribution in [0.2, 0.25) is 0 Å². The van der Waals surface area contributed by atoms with Crippen molar-refractivity contribution in [1.82, 2.24) is 0 Å². The number of benzene rings is 1. The summed E-state index contributed by atoms with van der Waals surface area (Å²) < 4.78 is 9.69. The minimum atomic E-state index is -0.377. The first-order chi connectivity index (χ1) is 7.17. The first-order valence-electron chi connectivity index (χ1n) is 4.58. The highest BCUT2D eigenvalue weighted by Gasteiger charge is 2.00. The molecule has 0 aromatic heterocycles. The highest BCUT2D eigenvalue weighted by Crippen LogP contribution is 2.21. The van der Waals surface area contributed by atoms with Crippen molar-refractivity contribution in [3.8, 4) is 5.75 Å². The SMILES string of the molecule is COC(=O)/C=C/c1ccc(C)cc1OC. The van der Waals surface area contributed by atoms with Crippen molar-refractivity contribution in [3.05, 3.63) is 35.4 Å². The summed E-state index contributed by atoms with van der Waals surface area (Å²) in [6, 6.07) is 5.77. The molecule has 0 spiro atoms. The Balaban J connectivity index is 2.94. The maximum Gasteiger partial charge on any atom is 0.330 e. The number of methoxy groups -OCH3 is 2. The average Bonchev–Trinajstić information content (AvgIpc) is 2.26. The van der Waals surface area contributed by atoms with E-state index in [1.807, 2.05) is 25.1 Å². The van der Waals surface area contributed by atoms with Crippen LogP contribution in [0.5, 0.6) is 5.75 Å². The summed E-state index contributed by atoms with van der Waals surface area (Å²) in [4.78, 5) is 10.9. The molecule has 3 nitrogen and oxygen atoms in total. The van der Waals surface area contributed by atoms with Gasteiger partial charge in [0.25, 0.3) is 0 Å². The standard InChI is InChI=1S/C12H14O3/c1-9-4-5-10(11(8-9)14-2)6-7-12(13)15-3/h4-8H,1-3H3/b7-6+. The lowest BCUT2D eigenvalue weighted by molar-refractivity contribution is -0.134. The van der Waals surface area contributed by atoms with Gasteiger partial charge in [-0.2, -0.15) is 0 Å². The van der Waals surface area contributed by atoms with E-state index in [2.05, 4.69) is 4.74 Å². The van der Waals surface area contributed by atoms with Gasteiger partial charge in [0.15, 0.2) is 0 Å². The van der Waals surface area contributed by atoms with Gasteiger partial charge >= 0.3 is 5.97 Å². The molecular weight excluding hydrogens is 192 g/mol. The van der Waals surface area contributed by atoms with Crippen LogP contribution in [0, 0.1) is 6.92 Å². The molecule has 0 radical (unpaired) electrons. The molecule has 0 amide bonds. The van der Waals surface area contributed by atoms with Crippen molar-refractivity contribution < 1.29 is 14.3 Å². The molecule has 0 heterocycles. The van der Waals surface area contributed by atoms with E-state index in [1.54, 1.807) is 13.2 Å². The van der Waals surface area contributed by atoms with Gasteiger partial charge in [-0.25, -0.2) is 4.79 Å². The van der Waals surface area contributed by atoms with Crippen molar-refractivity contribution in [2.45, 2.75) is 6.92 Å². The Morgan fingerprint density at radius 1 is 1.33 bits per heavy atom. The molecule has 0 saturated heterocycles. The Morgan fingerprint density at radius 2 is 2.07 bits per heavy atom. The lowest BCUT2D eigenvalue weighted by atomic mass is 10.1. The van der Waals surface area contributed by atoms with Gasteiger partial charge in [-0.15, -0.1) is 0 Å². The summed E-state index contributed by atoms with van der Waals surface area (Å²) in [5.41, 5.74) is 1.97. The normalized spacial score (nSPS) is 10.3. The van der Waals surface area contributed by atoms with Crippen molar-refractivity contribution in [3.63, 3.8) is 0 Å². The van der Waals surface area contributed by atoms with E-state index < -0.39 is 0 Å². The number of carbonyl (C=O) groups is 1. The molecule has 0 aliphatic carbocycles. The van der Waals surface area contributed by atoms with Crippen LogP contribution in [-0.2, 0) is 9.53 Å². The summed E-state index contributed by atoms with van der Waals surface area (Å²) in [5.74, 6) is 0.368. The quantitative estimate of drug-likeness (QED) is 0.561. The second kappa shape index (κ2) is 5.20. The first kappa shape index (κ1) is 11.3. The number of rotatable bonds is 3. The summed E-state index contributed by atoms with van der Waals surface area (Å²) in [6.45, 7) is 1.98. The maximum atomic E-state index is 10.9. The van der Waals surface area contributed by atoms with Crippen LogP contribution in [0.1, 0.15) is 11.1 Å². The van der Waals surface area contributed by atoms with Crippen molar-refractivity contribution in [1.29, 1.82) is 0 Å². The molecule has 0 fully saturated rings. The van der Waals surface area contributed by atoms with Crippen molar-refractivity contribution in [2.75, 3.05) is 14.2 Å². The minimum Gasteiger partial charge on any atom is -0.496 e. The van der Waals surface area contributed by atoms with Gasteiger partial charge in [0, 0.05) is 11.6 Å². The molecular formula is C12H14O3. The van der Waals surface area contributed by atoms with E-state index in [-0.39, 0.29) is 5.97 Å². The Morgan fingerprint density at radius 3 is 2.67 bits per heavy atom. The largest absolute Gasteiger partial charge is 0.496 e. The van der Waals surface area contributed by atoms with Crippen LogP contribution in [-0.4, -0.2) is 20.2 Å². The van der Waals surface area contributed by atoms with E-state index in [4.69, 9.17) is 4.74 Å². The smallest absolute Gasteiger partial charge is 0.330 e. The zero-order valence-corrected chi connectivity index (χ0v) is 9.11. The molecule has 0 bridgehead atoms. The fourth-order valence-electron chi connectivity index (χ4n) is 1.18. The number of esters is 1.